The Bertz CT molecular complexity index is 1010. The number of carbonyl (C=O) groups is 2. The number of hydrogen-bond acceptors (Lipinski definition) is 5. The molecular formula is C24H28N4O3. The minimum atomic E-state index is -1.16. The number of amides is 2. The molecule has 2 fully saturated rings. The average molecular weight is 421 g/mol. The Balaban J connectivity index is 1.22. The summed E-state index contributed by atoms with van der Waals surface area (Å²) in [7, 11) is 2.06. The lowest BCUT2D eigenvalue weighted by molar-refractivity contribution is -0.161. The smallest absolute Gasteiger partial charge is 0.254 e. The SMILES string of the molecule is CN1CNc2cc(-c3ccc(C(=O)N4CCN(C(=O)C5(O)CCC5)CC4)cc3)ccc21. The molecule has 1 saturated carbocycles. The highest BCUT2D eigenvalue weighted by molar-refractivity contribution is 5.95. The zero-order chi connectivity index (χ0) is 21.6. The molecule has 0 bridgehead atoms. The minimum absolute atomic E-state index is 0.0155. The van der Waals surface area contributed by atoms with Gasteiger partial charge < -0.3 is 25.1 Å². The van der Waals surface area contributed by atoms with Crippen molar-refractivity contribution in [2.45, 2.75) is 24.9 Å². The lowest BCUT2D eigenvalue weighted by Crippen LogP contribution is -2.58. The molecule has 0 atom stereocenters. The number of anilines is 2. The van der Waals surface area contributed by atoms with Crippen LogP contribution in [0.5, 0.6) is 0 Å². The lowest BCUT2D eigenvalue weighted by Gasteiger charge is -2.42. The van der Waals surface area contributed by atoms with Gasteiger partial charge >= 0.3 is 0 Å². The van der Waals surface area contributed by atoms with Gasteiger partial charge in [0, 0.05) is 38.8 Å². The predicted molar refractivity (Wildman–Crippen MR) is 120 cm³/mol. The molecule has 1 aliphatic carbocycles. The Labute approximate surface area is 182 Å². The number of carbonyl (C=O) groups excluding carboxylic acids is 2. The molecule has 0 spiro atoms. The van der Waals surface area contributed by atoms with Crippen molar-refractivity contribution in [3.05, 3.63) is 48.0 Å². The molecule has 1 saturated heterocycles. The molecule has 31 heavy (non-hydrogen) atoms. The first kappa shape index (κ1) is 19.9. The first-order valence-electron chi connectivity index (χ1n) is 11.0. The Morgan fingerprint density at radius 3 is 2.23 bits per heavy atom. The average Bonchev–Trinajstić information content (AvgIpc) is 3.17. The second-order valence-electron chi connectivity index (χ2n) is 8.81. The van der Waals surface area contributed by atoms with Crippen molar-refractivity contribution < 1.29 is 14.7 Å². The summed E-state index contributed by atoms with van der Waals surface area (Å²) in [5, 5.41) is 13.7. The van der Waals surface area contributed by atoms with E-state index in [0.29, 0.717) is 44.6 Å². The summed E-state index contributed by atoms with van der Waals surface area (Å²) in [6, 6.07) is 14.1. The number of nitrogens with one attached hydrogen (secondary N) is 1. The first-order valence-corrected chi connectivity index (χ1v) is 11.0. The van der Waals surface area contributed by atoms with Crippen molar-refractivity contribution in [2.75, 3.05) is 50.1 Å². The number of nitrogens with zero attached hydrogens (tertiary/aromatic N) is 3. The number of hydrogen-bond donors (Lipinski definition) is 2. The van der Waals surface area contributed by atoms with E-state index in [1.54, 1.807) is 9.80 Å². The van der Waals surface area contributed by atoms with Gasteiger partial charge in [-0.2, -0.15) is 0 Å². The van der Waals surface area contributed by atoms with Gasteiger partial charge in [-0.1, -0.05) is 18.2 Å². The third kappa shape index (κ3) is 3.53. The summed E-state index contributed by atoms with van der Waals surface area (Å²) < 4.78 is 0. The highest BCUT2D eigenvalue weighted by Crippen LogP contribution is 2.35. The van der Waals surface area contributed by atoms with Crippen LogP contribution in [-0.2, 0) is 4.79 Å². The molecule has 7 nitrogen and oxygen atoms in total. The normalized spacial score (nSPS) is 19.5. The third-order valence-corrected chi connectivity index (χ3v) is 6.81. The summed E-state index contributed by atoms with van der Waals surface area (Å²) in [5.74, 6) is -0.191. The second kappa shape index (κ2) is 7.57. The van der Waals surface area contributed by atoms with Crippen LogP contribution in [0.1, 0.15) is 29.6 Å². The highest BCUT2D eigenvalue weighted by Gasteiger charge is 2.45. The molecule has 2 aliphatic heterocycles. The zero-order valence-corrected chi connectivity index (χ0v) is 17.8. The summed E-state index contributed by atoms with van der Waals surface area (Å²) in [4.78, 5) is 31.1. The molecule has 2 N–H and O–H groups in total. The van der Waals surface area contributed by atoms with Gasteiger partial charge in [-0.05, 0) is 54.7 Å². The van der Waals surface area contributed by atoms with Gasteiger partial charge in [-0.3, -0.25) is 9.59 Å². The maximum atomic E-state index is 12.9. The topological polar surface area (TPSA) is 76.1 Å². The predicted octanol–water partition coefficient (Wildman–Crippen LogP) is 2.37. The number of piperazine rings is 1. The molecule has 5 rings (SSSR count). The van der Waals surface area contributed by atoms with Crippen molar-refractivity contribution in [3.8, 4) is 11.1 Å². The molecular weight excluding hydrogens is 392 g/mol. The zero-order valence-electron chi connectivity index (χ0n) is 17.8. The summed E-state index contributed by atoms with van der Waals surface area (Å²) in [5.41, 5.74) is 3.99. The summed E-state index contributed by atoms with van der Waals surface area (Å²) in [6.45, 7) is 2.74. The molecule has 2 aromatic carbocycles. The number of benzene rings is 2. The largest absolute Gasteiger partial charge is 0.380 e. The van der Waals surface area contributed by atoms with Crippen LogP contribution < -0.4 is 10.2 Å². The fourth-order valence-electron chi connectivity index (χ4n) is 4.60. The van der Waals surface area contributed by atoms with E-state index < -0.39 is 5.60 Å². The summed E-state index contributed by atoms with van der Waals surface area (Å²) in [6.07, 6.45) is 2.00. The fraction of sp³-hybridized carbons (Fsp3) is 0.417. The molecule has 0 aromatic heterocycles. The van der Waals surface area contributed by atoms with Crippen LogP contribution in [0.15, 0.2) is 42.5 Å². The van der Waals surface area contributed by atoms with Gasteiger partial charge in [0.1, 0.15) is 5.60 Å². The lowest BCUT2D eigenvalue weighted by atomic mass is 9.79. The number of rotatable bonds is 3. The van der Waals surface area contributed by atoms with Crippen molar-refractivity contribution in [1.82, 2.24) is 9.80 Å². The van der Waals surface area contributed by atoms with Crippen LogP contribution in [0.25, 0.3) is 11.1 Å². The van der Waals surface area contributed by atoms with E-state index in [0.717, 1.165) is 29.9 Å². The van der Waals surface area contributed by atoms with Gasteiger partial charge in [-0.25, -0.2) is 0 Å². The van der Waals surface area contributed by atoms with Crippen molar-refractivity contribution in [3.63, 3.8) is 0 Å². The quantitative estimate of drug-likeness (QED) is 0.797. The molecule has 0 unspecified atom stereocenters. The van der Waals surface area contributed by atoms with E-state index >= 15 is 0 Å². The van der Waals surface area contributed by atoms with E-state index in [1.807, 2.05) is 24.3 Å². The van der Waals surface area contributed by atoms with Crippen molar-refractivity contribution in [1.29, 1.82) is 0 Å². The van der Waals surface area contributed by atoms with Crippen LogP contribution >= 0.6 is 0 Å². The maximum absolute atomic E-state index is 12.9. The fourth-order valence-corrected chi connectivity index (χ4v) is 4.60. The van der Waals surface area contributed by atoms with Gasteiger partial charge in [-0.15, -0.1) is 0 Å². The molecule has 7 heteroatoms. The Kier molecular flexibility index (Phi) is 4.85. The molecule has 2 aromatic rings. The molecule has 2 amide bonds. The second-order valence-corrected chi connectivity index (χ2v) is 8.81. The van der Waals surface area contributed by atoms with Crippen LogP contribution in [0, 0.1) is 0 Å². The number of aliphatic hydroxyl groups is 1. The molecule has 0 radical (unpaired) electrons. The van der Waals surface area contributed by atoms with Gasteiger partial charge in [0.05, 0.1) is 18.0 Å². The summed E-state index contributed by atoms with van der Waals surface area (Å²) >= 11 is 0. The van der Waals surface area contributed by atoms with E-state index in [-0.39, 0.29) is 11.8 Å². The molecule has 2 heterocycles. The Morgan fingerprint density at radius 2 is 1.58 bits per heavy atom. The Morgan fingerprint density at radius 1 is 0.935 bits per heavy atom. The van der Waals surface area contributed by atoms with Crippen LogP contribution in [-0.4, -0.2) is 72.2 Å². The van der Waals surface area contributed by atoms with E-state index in [2.05, 4.69) is 35.5 Å². The number of fused-ring (bicyclic) bond motifs is 1. The monoisotopic (exact) mass is 420 g/mol. The van der Waals surface area contributed by atoms with E-state index in [9.17, 15) is 14.7 Å². The maximum Gasteiger partial charge on any atom is 0.254 e. The van der Waals surface area contributed by atoms with E-state index in [4.69, 9.17) is 0 Å². The molecule has 3 aliphatic rings. The third-order valence-electron chi connectivity index (χ3n) is 6.81. The minimum Gasteiger partial charge on any atom is -0.380 e. The Hall–Kier alpha value is -3.06. The first-order chi connectivity index (χ1) is 14.9. The van der Waals surface area contributed by atoms with E-state index in [1.165, 1.54) is 5.69 Å². The van der Waals surface area contributed by atoms with Crippen molar-refractivity contribution in [2.24, 2.45) is 0 Å². The van der Waals surface area contributed by atoms with Crippen LogP contribution in [0.2, 0.25) is 0 Å². The van der Waals surface area contributed by atoms with Gasteiger partial charge in [0.2, 0.25) is 0 Å². The van der Waals surface area contributed by atoms with Gasteiger partial charge in [0.25, 0.3) is 11.8 Å². The van der Waals surface area contributed by atoms with Crippen molar-refractivity contribution >= 4 is 23.2 Å². The van der Waals surface area contributed by atoms with Crippen LogP contribution in [0.4, 0.5) is 11.4 Å². The molecule has 162 valence electrons. The highest BCUT2D eigenvalue weighted by atomic mass is 16.3. The van der Waals surface area contributed by atoms with Gasteiger partial charge in [0.15, 0.2) is 0 Å². The standard InChI is InChI=1S/C24H28N4O3/c1-26-16-25-20-15-19(7-8-21(20)26)17-3-5-18(6-4-17)22(29)27-11-13-28(14-12-27)23(30)24(31)9-2-10-24/h3-8,15,25,31H,2,9-14,16H2,1H3. The van der Waals surface area contributed by atoms with Crippen LogP contribution in [0.3, 0.4) is 0 Å².